The summed E-state index contributed by atoms with van der Waals surface area (Å²) in [6.07, 6.45) is 0.999. The molecule has 0 amide bonds. The average molecular weight is 236 g/mol. The predicted molar refractivity (Wildman–Crippen MR) is 54.5 cm³/mol. The summed E-state index contributed by atoms with van der Waals surface area (Å²) in [7, 11) is -4.48. The van der Waals surface area contributed by atoms with Gasteiger partial charge in [-0.25, -0.2) is 0 Å². The highest BCUT2D eigenvalue weighted by atomic mass is 35.5. The Morgan fingerprint density at radius 2 is 1.93 bits per heavy atom. The standard InChI is InChI=1S/C8H7ClFNO2S/c9-7-1-3-8(4-2-7)11-5-6-14(10,12)13/h1-5H,6H2. The van der Waals surface area contributed by atoms with Crippen LogP contribution in [0.3, 0.4) is 0 Å². The topological polar surface area (TPSA) is 46.5 Å². The molecule has 0 aliphatic rings. The third kappa shape index (κ3) is 4.34. The van der Waals surface area contributed by atoms with Gasteiger partial charge in [-0.15, -0.1) is 3.89 Å². The van der Waals surface area contributed by atoms with E-state index in [1.165, 1.54) is 0 Å². The van der Waals surface area contributed by atoms with E-state index in [1.807, 2.05) is 0 Å². The molecule has 0 saturated heterocycles. The maximum Gasteiger partial charge on any atom is 0.307 e. The molecule has 0 radical (unpaired) electrons. The van der Waals surface area contributed by atoms with Gasteiger partial charge in [0.05, 0.1) is 5.69 Å². The van der Waals surface area contributed by atoms with E-state index < -0.39 is 16.0 Å². The van der Waals surface area contributed by atoms with Gasteiger partial charge in [0.15, 0.2) is 0 Å². The number of hydrogen-bond acceptors (Lipinski definition) is 3. The second kappa shape index (κ2) is 4.52. The second-order valence-corrected chi connectivity index (χ2v) is 4.34. The number of rotatable bonds is 3. The van der Waals surface area contributed by atoms with Gasteiger partial charge in [-0.05, 0) is 24.3 Å². The Morgan fingerprint density at radius 3 is 2.43 bits per heavy atom. The largest absolute Gasteiger partial charge is 0.307 e. The van der Waals surface area contributed by atoms with Crippen LogP contribution in [-0.4, -0.2) is 20.4 Å². The molecule has 1 rings (SSSR count). The van der Waals surface area contributed by atoms with Crippen molar-refractivity contribution in [3.8, 4) is 0 Å². The summed E-state index contributed by atoms with van der Waals surface area (Å²) in [5, 5.41) is 0.557. The molecule has 0 unspecified atom stereocenters. The number of halogens is 2. The summed E-state index contributed by atoms with van der Waals surface area (Å²) in [6, 6.07) is 6.42. The van der Waals surface area contributed by atoms with Gasteiger partial charge in [0.25, 0.3) is 0 Å². The molecule has 14 heavy (non-hydrogen) atoms. The summed E-state index contributed by atoms with van der Waals surface area (Å²) >= 11 is 5.61. The Kier molecular flexibility index (Phi) is 3.60. The molecule has 0 aliphatic carbocycles. The lowest BCUT2D eigenvalue weighted by Gasteiger charge is -1.92. The minimum absolute atomic E-state index is 0.526. The van der Waals surface area contributed by atoms with Crippen molar-refractivity contribution in [3.63, 3.8) is 0 Å². The molecule has 0 saturated carbocycles. The lowest BCUT2D eigenvalue weighted by Crippen LogP contribution is -1.98. The van der Waals surface area contributed by atoms with Crippen LogP contribution in [-0.2, 0) is 10.2 Å². The first-order valence-electron chi connectivity index (χ1n) is 3.68. The van der Waals surface area contributed by atoms with Crippen molar-refractivity contribution in [2.75, 3.05) is 5.75 Å². The zero-order valence-electron chi connectivity index (χ0n) is 7.02. The van der Waals surface area contributed by atoms with Crippen molar-refractivity contribution >= 4 is 33.7 Å². The van der Waals surface area contributed by atoms with Gasteiger partial charge in [0, 0.05) is 11.2 Å². The van der Waals surface area contributed by atoms with Crippen molar-refractivity contribution < 1.29 is 12.3 Å². The van der Waals surface area contributed by atoms with Crippen LogP contribution in [0.4, 0.5) is 9.57 Å². The van der Waals surface area contributed by atoms with E-state index in [4.69, 9.17) is 11.6 Å². The minimum atomic E-state index is -4.48. The lowest BCUT2D eigenvalue weighted by atomic mass is 10.3. The van der Waals surface area contributed by atoms with Crippen molar-refractivity contribution in [3.05, 3.63) is 29.3 Å². The first-order valence-corrected chi connectivity index (χ1v) is 5.61. The SMILES string of the molecule is O=S(=O)(F)CC=Nc1ccc(Cl)cc1. The van der Waals surface area contributed by atoms with Crippen LogP contribution in [0.1, 0.15) is 0 Å². The van der Waals surface area contributed by atoms with Gasteiger partial charge in [-0.3, -0.25) is 4.99 Å². The fourth-order valence-electron chi connectivity index (χ4n) is 0.759. The molecule has 1 aromatic rings. The van der Waals surface area contributed by atoms with Crippen LogP contribution in [0.2, 0.25) is 5.02 Å². The third-order valence-corrected chi connectivity index (χ3v) is 2.14. The fraction of sp³-hybridized carbons (Fsp3) is 0.125. The monoisotopic (exact) mass is 235 g/mol. The Labute approximate surface area is 86.4 Å². The second-order valence-electron chi connectivity index (χ2n) is 2.49. The molecule has 0 spiro atoms. The Morgan fingerprint density at radius 1 is 1.36 bits per heavy atom. The maximum atomic E-state index is 12.0. The van der Waals surface area contributed by atoms with Gasteiger partial charge >= 0.3 is 10.2 Å². The average Bonchev–Trinajstić information content (AvgIpc) is 2.06. The Bertz CT molecular complexity index is 427. The van der Waals surface area contributed by atoms with Crippen molar-refractivity contribution in [1.29, 1.82) is 0 Å². The summed E-state index contributed by atoms with van der Waals surface area (Å²) in [5.41, 5.74) is 0.526. The number of benzene rings is 1. The van der Waals surface area contributed by atoms with E-state index in [-0.39, 0.29) is 0 Å². The third-order valence-electron chi connectivity index (χ3n) is 1.34. The zero-order chi connectivity index (χ0) is 10.6. The van der Waals surface area contributed by atoms with E-state index in [0.717, 1.165) is 6.21 Å². The first-order chi connectivity index (χ1) is 6.47. The van der Waals surface area contributed by atoms with Gasteiger partial charge in [0.1, 0.15) is 5.75 Å². The fourth-order valence-corrected chi connectivity index (χ4v) is 1.14. The molecule has 0 bridgehead atoms. The molecule has 0 aromatic heterocycles. The van der Waals surface area contributed by atoms with Crippen molar-refractivity contribution in [2.24, 2.45) is 4.99 Å². The number of aliphatic imine (C=N–C) groups is 1. The molecule has 0 atom stereocenters. The normalized spacial score (nSPS) is 12.1. The maximum absolute atomic E-state index is 12.0. The molecule has 0 aliphatic heterocycles. The quantitative estimate of drug-likeness (QED) is 0.596. The molecule has 3 nitrogen and oxygen atoms in total. The Hall–Kier alpha value is -0.940. The molecule has 0 fully saturated rings. The summed E-state index contributed by atoms with van der Waals surface area (Å²) in [5.74, 6) is -0.713. The summed E-state index contributed by atoms with van der Waals surface area (Å²) in [6.45, 7) is 0. The van der Waals surface area contributed by atoms with Crippen LogP contribution in [0, 0.1) is 0 Å². The van der Waals surface area contributed by atoms with E-state index in [2.05, 4.69) is 4.99 Å². The highest BCUT2D eigenvalue weighted by molar-refractivity contribution is 7.87. The highest BCUT2D eigenvalue weighted by Crippen LogP contribution is 2.15. The van der Waals surface area contributed by atoms with Crippen LogP contribution < -0.4 is 0 Å². The van der Waals surface area contributed by atoms with Crippen LogP contribution in [0.25, 0.3) is 0 Å². The molecular formula is C8H7ClFNO2S. The van der Waals surface area contributed by atoms with E-state index in [1.54, 1.807) is 24.3 Å². The van der Waals surface area contributed by atoms with E-state index in [0.29, 0.717) is 10.7 Å². The summed E-state index contributed by atoms with van der Waals surface area (Å²) in [4.78, 5) is 3.73. The highest BCUT2D eigenvalue weighted by Gasteiger charge is 2.02. The Balaban J connectivity index is 2.65. The smallest absolute Gasteiger partial charge is 0.260 e. The molecule has 0 heterocycles. The van der Waals surface area contributed by atoms with Crippen LogP contribution in [0.15, 0.2) is 29.3 Å². The van der Waals surface area contributed by atoms with Crippen molar-refractivity contribution in [2.45, 2.75) is 0 Å². The molecular weight excluding hydrogens is 229 g/mol. The molecule has 6 heteroatoms. The van der Waals surface area contributed by atoms with E-state index in [9.17, 15) is 12.3 Å². The van der Waals surface area contributed by atoms with Gasteiger partial charge in [-0.1, -0.05) is 11.6 Å². The van der Waals surface area contributed by atoms with Crippen LogP contribution >= 0.6 is 11.6 Å². The molecule has 76 valence electrons. The zero-order valence-corrected chi connectivity index (χ0v) is 8.59. The lowest BCUT2D eigenvalue weighted by molar-refractivity contribution is 0.557. The van der Waals surface area contributed by atoms with Gasteiger partial charge in [0.2, 0.25) is 0 Å². The minimum Gasteiger partial charge on any atom is -0.260 e. The summed E-state index contributed by atoms with van der Waals surface area (Å²) < 4.78 is 32.2. The van der Waals surface area contributed by atoms with E-state index >= 15 is 0 Å². The molecule has 0 N–H and O–H groups in total. The van der Waals surface area contributed by atoms with Crippen molar-refractivity contribution in [1.82, 2.24) is 0 Å². The number of hydrogen-bond donors (Lipinski definition) is 0. The van der Waals surface area contributed by atoms with Gasteiger partial charge < -0.3 is 0 Å². The van der Waals surface area contributed by atoms with Crippen LogP contribution in [0.5, 0.6) is 0 Å². The first kappa shape index (κ1) is 11.1. The number of nitrogens with zero attached hydrogens (tertiary/aromatic N) is 1. The predicted octanol–water partition coefficient (Wildman–Crippen LogP) is 2.34. The molecule has 1 aromatic carbocycles. The van der Waals surface area contributed by atoms with Gasteiger partial charge in [-0.2, -0.15) is 8.42 Å².